The molecule has 0 radical (unpaired) electrons. The first-order valence-corrected chi connectivity index (χ1v) is 8.25. The normalized spacial score (nSPS) is 23.5. The lowest BCUT2D eigenvalue weighted by molar-refractivity contribution is 0.0386. The van der Waals surface area contributed by atoms with Gasteiger partial charge in [0.1, 0.15) is 5.82 Å². The summed E-state index contributed by atoms with van der Waals surface area (Å²) in [5.41, 5.74) is -0.543. The summed E-state index contributed by atoms with van der Waals surface area (Å²) in [6.45, 7) is 5.58. The van der Waals surface area contributed by atoms with Crippen molar-refractivity contribution in [1.29, 1.82) is 0 Å². The van der Waals surface area contributed by atoms with Crippen LogP contribution in [0.4, 0.5) is 5.82 Å². The van der Waals surface area contributed by atoms with Crippen molar-refractivity contribution in [1.82, 2.24) is 9.71 Å². The van der Waals surface area contributed by atoms with Gasteiger partial charge in [-0.05, 0) is 32.8 Å². The first-order valence-electron chi connectivity index (χ1n) is 6.77. The molecule has 1 fully saturated rings. The van der Waals surface area contributed by atoms with Crippen molar-refractivity contribution in [2.75, 3.05) is 25.1 Å². The number of anilines is 1. The third-order valence-corrected chi connectivity index (χ3v) is 4.85. The number of nitrogens with zero attached hydrogens (tertiary/aromatic N) is 1. The number of ether oxygens (including phenoxy) is 1. The maximum atomic E-state index is 12.4. The molecule has 0 aliphatic carbocycles. The molecule has 1 aliphatic heterocycles. The third kappa shape index (κ3) is 3.68. The van der Waals surface area contributed by atoms with Crippen LogP contribution >= 0.6 is 0 Å². The number of aromatic nitrogens is 1. The van der Waals surface area contributed by atoms with Gasteiger partial charge in [0.2, 0.25) is 10.0 Å². The molecule has 0 amide bonds. The van der Waals surface area contributed by atoms with Crippen LogP contribution in [0.2, 0.25) is 0 Å². The lowest BCUT2D eigenvalue weighted by atomic mass is 9.97. The maximum Gasteiger partial charge on any atom is 0.241 e. The van der Waals surface area contributed by atoms with Crippen molar-refractivity contribution in [2.45, 2.75) is 37.1 Å². The smallest absolute Gasteiger partial charge is 0.241 e. The molecule has 1 unspecified atom stereocenters. The van der Waals surface area contributed by atoms with Crippen molar-refractivity contribution >= 4 is 15.8 Å². The Morgan fingerprint density at radius 2 is 2.30 bits per heavy atom. The minimum atomic E-state index is -3.57. The Morgan fingerprint density at radius 1 is 1.50 bits per heavy atom. The number of pyridine rings is 1. The van der Waals surface area contributed by atoms with E-state index in [0.29, 0.717) is 25.6 Å². The highest BCUT2D eigenvalue weighted by Gasteiger charge is 2.33. The standard InChI is InChI=1S/C13H21N3O3S/c1-3-14-12-9-11(5-7-15-12)20(17,18)16-13(2)6-4-8-19-10-13/h5,7,9,16H,3-4,6,8,10H2,1-2H3,(H,14,15). The van der Waals surface area contributed by atoms with Gasteiger partial charge in [-0.15, -0.1) is 0 Å². The second-order valence-electron chi connectivity index (χ2n) is 5.23. The van der Waals surface area contributed by atoms with Crippen LogP contribution in [0.15, 0.2) is 23.2 Å². The fraction of sp³-hybridized carbons (Fsp3) is 0.615. The molecule has 7 heteroatoms. The minimum absolute atomic E-state index is 0.218. The second kappa shape index (κ2) is 6.07. The largest absolute Gasteiger partial charge is 0.380 e. The molecule has 0 bridgehead atoms. The maximum absolute atomic E-state index is 12.4. The van der Waals surface area contributed by atoms with Gasteiger partial charge in [0.15, 0.2) is 0 Å². The molecular formula is C13H21N3O3S. The average molecular weight is 299 g/mol. The molecule has 20 heavy (non-hydrogen) atoms. The lowest BCUT2D eigenvalue weighted by Gasteiger charge is -2.33. The summed E-state index contributed by atoms with van der Waals surface area (Å²) in [6.07, 6.45) is 3.13. The molecule has 2 rings (SSSR count). The van der Waals surface area contributed by atoms with Crippen LogP contribution in [0, 0.1) is 0 Å². The van der Waals surface area contributed by atoms with Crippen molar-refractivity contribution in [3.05, 3.63) is 18.3 Å². The van der Waals surface area contributed by atoms with E-state index in [2.05, 4.69) is 15.0 Å². The topological polar surface area (TPSA) is 80.3 Å². The van der Waals surface area contributed by atoms with Crippen LogP contribution in [0.3, 0.4) is 0 Å². The summed E-state index contributed by atoms with van der Waals surface area (Å²) < 4.78 is 33.0. The van der Waals surface area contributed by atoms with Crippen molar-refractivity contribution in [3.8, 4) is 0 Å². The Hall–Kier alpha value is -1.18. The van der Waals surface area contributed by atoms with Gasteiger partial charge in [-0.2, -0.15) is 0 Å². The van der Waals surface area contributed by atoms with Crippen molar-refractivity contribution in [3.63, 3.8) is 0 Å². The quantitative estimate of drug-likeness (QED) is 0.858. The zero-order valence-electron chi connectivity index (χ0n) is 11.8. The first kappa shape index (κ1) is 15.2. The van der Waals surface area contributed by atoms with Crippen molar-refractivity contribution < 1.29 is 13.2 Å². The van der Waals surface area contributed by atoms with E-state index in [9.17, 15) is 8.42 Å². The highest BCUT2D eigenvalue weighted by Crippen LogP contribution is 2.22. The van der Waals surface area contributed by atoms with Crippen molar-refractivity contribution in [2.24, 2.45) is 0 Å². The zero-order chi connectivity index (χ0) is 14.6. The number of hydrogen-bond acceptors (Lipinski definition) is 5. The molecule has 0 spiro atoms. The zero-order valence-corrected chi connectivity index (χ0v) is 12.7. The molecule has 0 saturated carbocycles. The van der Waals surface area contributed by atoms with E-state index in [-0.39, 0.29) is 4.90 Å². The molecule has 2 N–H and O–H groups in total. The molecule has 1 saturated heterocycles. The molecule has 1 aliphatic rings. The molecule has 6 nitrogen and oxygen atoms in total. The van der Waals surface area contributed by atoms with Gasteiger partial charge in [-0.3, -0.25) is 0 Å². The van der Waals surface area contributed by atoms with Gasteiger partial charge in [0.25, 0.3) is 0 Å². The fourth-order valence-corrected chi connectivity index (χ4v) is 3.69. The van der Waals surface area contributed by atoms with E-state index >= 15 is 0 Å². The third-order valence-electron chi connectivity index (χ3n) is 3.22. The van der Waals surface area contributed by atoms with E-state index in [1.54, 1.807) is 6.07 Å². The molecule has 2 heterocycles. The number of sulfonamides is 1. The van der Waals surface area contributed by atoms with Gasteiger partial charge in [0, 0.05) is 25.4 Å². The molecule has 1 aromatic heterocycles. The Balaban J connectivity index is 2.19. The Bertz CT molecular complexity index is 554. The van der Waals surface area contributed by atoms with E-state index in [0.717, 1.165) is 12.8 Å². The fourth-order valence-electron chi connectivity index (χ4n) is 2.25. The summed E-state index contributed by atoms with van der Waals surface area (Å²) in [5, 5.41) is 3.01. The van der Waals surface area contributed by atoms with Crippen LogP contribution < -0.4 is 10.0 Å². The van der Waals surface area contributed by atoms with Crippen LogP contribution in [0.25, 0.3) is 0 Å². The van der Waals surface area contributed by atoms with Gasteiger partial charge in [-0.25, -0.2) is 18.1 Å². The summed E-state index contributed by atoms with van der Waals surface area (Å²) in [5.74, 6) is 0.556. The SMILES string of the molecule is CCNc1cc(S(=O)(=O)NC2(C)CCCOC2)ccn1. The monoisotopic (exact) mass is 299 g/mol. The molecule has 1 atom stereocenters. The van der Waals surface area contributed by atoms with Crippen LogP contribution in [0.1, 0.15) is 26.7 Å². The molecule has 112 valence electrons. The van der Waals surface area contributed by atoms with Gasteiger partial charge < -0.3 is 10.1 Å². The highest BCUT2D eigenvalue weighted by molar-refractivity contribution is 7.89. The minimum Gasteiger partial charge on any atom is -0.380 e. The van der Waals surface area contributed by atoms with E-state index in [1.165, 1.54) is 12.3 Å². The van der Waals surface area contributed by atoms with Crippen LogP contribution in [-0.2, 0) is 14.8 Å². The summed E-state index contributed by atoms with van der Waals surface area (Å²) >= 11 is 0. The summed E-state index contributed by atoms with van der Waals surface area (Å²) in [7, 11) is -3.57. The number of rotatable bonds is 5. The molecular weight excluding hydrogens is 278 g/mol. The van der Waals surface area contributed by atoms with E-state index in [4.69, 9.17) is 4.74 Å². The Labute approximate surface area is 120 Å². The Kier molecular flexibility index (Phi) is 4.62. The number of nitrogens with one attached hydrogen (secondary N) is 2. The predicted octanol–water partition coefficient (Wildman–Crippen LogP) is 1.36. The van der Waals surface area contributed by atoms with Crippen LogP contribution in [-0.4, -0.2) is 38.7 Å². The van der Waals surface area contributed by atoms with Gasteiger partial charge in [-0.1, -0.05) is 0 Å². The first-order chi connectivity index (χ1) is 9.45. The van der Waals surface area contributed by atoms with Gasteiger partial charge >= 0.3 is 0 Å². The van der Waals surface area contributed by atoms with E-state index in [1.807, 2.05) is 13.8 Å². The second-order valence-corrected chi connectivity index (χ2v) is 6.91. The summed E-state index contributed by atoms with van der Waals surface area (Å²) in [6, 6.07) is 3.04. The lowest BCUT2D eigenvalue weighted by Crippen LogP contribution is -2.51. The molecule has 1 aromatic rings. The average Bonchev–Trinajstić information content (AvgIpc) is 2.39. The van der Waals surface area contributed by atoms with E-state index < -0.39 is 15.6 Å². The molecule has 0 aromatic carbocycles. The summed E-state index contributed by atoms with van der Waals surface area (Å²) in [4.78, 5) is 4.30. The van der Waals surface area contributed by atoms with Gasteiger partial charge in [0.05, 0.1) is 17.0 Å². The Morgan fingerprint density at radius 3 is 2.95 bits per heavy atom. The highest BCUT2D eigenvalue weighted by atomic mass is 32.2. The predicted molar refractivity (Wildman–Crippen MR) is 77.2 cm³/mol. The number of hydrogen-bond donors (Lipinski definition) is 2. The van der Waals surface area contributed by atoms with Crippen LogP contribution in [0.5, 0.6) is 0 Å².